The van der Waals surface area contributed by atoms with Crippen molar-refractivity contribution in [2.45, 2.75) is 13.3 Å². The van der Waals surface area contributed by atoms with Gasteiger partial charge in [0.05, 0.1) is 10.7 Å². The summed E-state index contributed by atoms with van der Waals surface area (Å²) in [4.78, 5) is 16.5. The van der Waals surface area contributed by atoms with Crippen LogP contribution in [-0.4, -0.2) is 17.6 Å². The Kier molecular flexibility index (Phi) is 5.23. The van der Waals surface area contributed by atoms with Gasteiger partial charge in [0.2, 0.25) is 0 Å². The zero-order valence-electron chi connectivity index (χ0n) is 13.5. The molecule has 122 valence electrons. The maximum Gasteiger partial charge on any atom is 0.319 e. The molecule has 2 amide bonds. The van der Waals surface area contributed by atoms with E-state index >= 15 is 0 Å². The second kappa shape index (κ2) is 7.75. The molecule has 0 radical (unpaired) electrons. The van der Waals surface area contributed by atoms with E-state index in [1.807, 2.05) is 30.3 Å². The van der Waals surface area contributed by atoms with Crippen LogP contribution in [0.25, 0.3) is 11.3 Å². The summed E-state index contributed by atoms with van der Waals surface area (Å²) in [5.41, 5.74) is 4.13. The van der Waals surface area contributed by atoms with E-state index in [1.165, 1.54) is 5.56 Å². The Bertz CT molecular complexity index is 797. The zero-order valence-corrected chi connectivity index (χ0v) is 14.3. The number of amides is 2. The normalized spacial score (nSPS) is 10.4. The summed E-state index contributed by atoms with van der Waals surface area (Å²) < 4.78 is 0. The number of urea groups is 1. The van der Waals surface area contributed by atoms with Crippen molar-refractivity contribution in [2.24, 2.45) is 0 Å². The maximum absolute atomic E-state index is 11.8. The molecule has 0 fully saturated rings. The van der Waals surface area contributed by atoms with Gasteiger partial charge >= 0.3 is 6.03 Å². The molecule has 0 bridgehead atoms. The number of para-hydroxylation sites is 1. The lowest BCUT2D eigenvalue weighted by Gasteiger charge is -2.06. The molecule has 0 aliphatic rings. The summed E-state index contributed by atoms with van der Waals surface area (Å²) in [6.45, 7) is 2.63. The summed E-state index contributed by atoms with van der Waals surface area (Å²) >= 11 is 1.62. The molecule has 0 unspecified atom stereocenters. The maximum atomic E-state index is 11.8. The first-order valence-electron chi connectivity index (χ1n) is 7.82. The fourth-order valence-corrected chi connectivity index (χ4v) is 3.07. The highest BCUT2D eigenvalue weighted by Gasteiger charge is 2.06. The van der Waals surface area contributed by atoms with Crippen molar-refractivity contribution < 1.29 is 4.79 Å². The summed E-state index contributed by atoms with van der Waals surface area (Å²) in [5, 5.41) is 8.73. The highest BCUT2D eigenvalue weighted by molar-refractivity contribution is 7.09. The molecular formula is C19H19N3OS. The first-order valence-corrected chi connectivity index (χ1v) is 8.70. The Hall–Kier alpha value is -2.66. The lowest BCUT2D eigenvalue weighted by molar-refractivity contribution is 0.252. The van der Waals surface area contributed by atoms with Crippen LogP contribution in [0.1, 0.15) is 10.6 Å². The third-order valence-corrected chi connectivity index (χ3v) is 4.46. The van der Waals surface area contributed by atoms with Crippen LogP contribution in [0.2, 0.25) is 0 Å². The number of aromatic nitrogens is 1. The van der Waals surface area contributed by atoms with Gasteiger partial charge in [0.15, 0.2) is 0 Å². The molecule has 0 aliphatic heterocycles. The number of benzene rings is 2. The van der Waals surface area contributed by atoms with Crippen LogP contribution in [0.4, 0.5) is 10.5 Å². The molecule has 0 spiro atoms. The van der Waals surface area contributed by atoms with Gasteiger partial charge in [-0.25, -0.2) is 9.78 Å². The van der Waals surface area contributed by atoms with E-state index in [0.717, 1.165) is 28.4 Å². The average Bonchev–Trinajstić information content (AvgIpc) is 3.05. The monoisotopic (exact) mass is 337 g/mol. The number of rotatable bonds is 5. The van der Waals surface area contributed by atoms with Crippen LogP contribution in [0, 0.1) is 6.92 Å². The highest BCUT2D eigenvalue weighted by atomic mass is 32.1. The third kappa shape index (κ3) is 4.43. The van der Waals surface area contributed by atoms with Crippen molar-refractivity contribution in [3.63, 3.8) is 0 Å². The number of nitrogens with zero attached hydrogens (tertiary/aromatic N) is 1. The Morgan fingerprint density at radius 3 is 2.58 bits per heavy atom. The van der Waals surface area contributed by atoms with E-state index < -0.39 is 0 Å². The molecule has 0 atom stereocenters. The molecule has 2 N–H and O–H groups in total. The van der Waals surface area contributed by atoms with E-state index in [4.69, 9.17) is 0 Å². The number of hydrogen-bond acceptors (Lipinski definition) is 3. The van der Waals surface area contributed by atoms with E-state index in [2.05, 4.69) is 52.2 Å². The molecule has 3 rings (SSSR count). The number of carbonyl (C=O) groups excluding carboxylic acids is 1. The highest BCUT2D eigenvalue weighted by Crippen LogP contribution is 2.22. The smallest absolute Gasteiger partial charge is 0.319 e. The summed E-state index contributed by atoms with van der Waals surface area (Å²) in [6, 6.07) is 17.5. The number of hydrogen-bond donors (Lipinski definition) is 2. The van der Waals surface area contributed by atoms with Crippen molar-refractivity contribution in [3.05, 3.63) is 70.5 Å². The van der Waals surface area contributed by atoms with E-state index in [9.17, 15) is 4.79 Å². The molecule has 24 heavy (non-hydrogen) atoms. The first kappa shape index (κ1) is 16.2. The second-order valence-corrected chi connectivity index (χ2v) is 6.43. The van der Waals surface area contributed by atoms with E-state index in [-0.39, 0.29) is 6.03 Å². The topological polar surface area (TPSA) is 54.0 Å². The molecule has 1 heterocycles. The van der Waals surface area contributed by atoms with Crippen molar-refractivity contribution >= 4 is 23.1 Å². The number of anilines is 1. The average molecular weight is 337 g/mol. The van der Waals surface area contributed by atoms with Gasteiger partial charge < -0.3 is 10.6 Å². The minimum Gasteiger partial charge on any atom is -0.337 e. The molecule has 0 saturated carbocycles. The standard InChI is InChI=1S/C19H19N3OS/c1-14-7-9-15(10-8-14)17-13-24-18(22-17)11-12-20-19(23)21-16-5-3-2-4-6-16/h2-10,13H,11-12H2,1H3,(H2,20,21,23). The van der Waals surface area contributed by atoms with Gasteiger partial charge in [-0.3, -0.25) is 0 Å². The minimum atomic E-state index is -0.198. The third-order valence-electron chi connectivity index (χ3n) is 3.56. The van der Waals surface area contributed by atoms with Crippen molar-refractivity contribution in [3.8, 4) is 11.3 Å². The van der Waals surface area contributed by atoms with Crippen LogP contribution in [-0.2, 0) is 6.42 Å². The first-order chi connectivity index (χ1) is 11.7. The van der Waals surface area contributed by atoms with Gasteiger partial charge in [0, 0.05) is 29.6 Å². The Morgan fingerprint density at radius 1 is 1.08 bits per heavy atom. The molecule has 2 aromatic carbocycles. The minimum absolute atomic E-state index is 0.198. The van der Waals surface area contributed by atoms with Crippen LogP contribution < -0.4 is 10.6 Å². The van der Waals surface area contributed by atoms with Crippen LogP contribution >= 0.6 is 11.3 Å². The van der Waals surface area contributed by atoms with Crippen LogP contribution in [0.15, 0.2) is 60.0 Å². The zero-order chi connectivity index (χ0) is 16.8. The Labute approximate surface area is 145 Å². The van der Waals surface area contributed by atoms with Crippen LogP contribution in [0.3, 0.4) is 0 Å². The molecule has 0 saturated heterocycles. The van der Waals surface area contributed by atoms with Gasteiger partial charge in [-0.15, -0.1) is 11.3 Å². The summed E-state index contributed by atoms with van der Waals surface area (Å²) in [7, 11) is 0. The Balaban J connectivity index is 1.49. The van der Waals surface area contributed by atoms with Crippen molar-refractivity contribution in [1.82, 2.24) is 10.3 Å². The van der Waals surface area contributed by atoms with E-state index in [1.54, 1.807) is 11.3 Å². The lowest BCUT2D eigenvalue weighted by Crippen LogP contribution is -2.30. The van der Waals surface area contributed by atoms with Gasteiger partial charge in [0.25, 0.3) is 0 Å². The Morgan fingerprint density at radius 2 is 1.83 bits per heavy atom. The molecule has 5 heteroatoms. The molecule has 0 aliphatic carbocycles. The number of thiazole rings is 1. The fourth-order valence-electron chi connectivity index (χ4n) is 2.26. The molecule has 3 aromatic rings. The summed E-state index contributed by atoms with van der Waals surface area (Å²) in [5.74, 6) is 0. The molecule has 1 aromatic heterocycles. The number of carbonyl (C=O) groups is 1. The van der Waals surface area contributed by atoms with Gasteiger partial charge in [-0.2, -0.15) is 0 Å². The van der Waals surface area contributed by atoms with Crippen LogP contribution in [0.5, 0.6) is 0 Å². The van der Waals surface area contributed by atoms with Crippen molar-refractivity contribution in [1.29, 1.82) is 0 Å². The largest absolute Gasteiger partial charge is 0.337 e. The second-order valence-electron chi connectivity index (χ2n) is 5.49. The van der Waals surface area contributed by atoms with Crippen molar-refractivity contribution in [2.75, 3.05) is 11.9 Å². The lowest BCUT2D eigenvalue weighted by atomic mass is 10.1. The van der Waals surface area contributed by atoms with Gasteiger partial charge in [0.1, 0.15) is 0 Å². The van der Waals surface area contributed by atoms with Gasteiger partial charge in [-0.05, 0) is 19.1 Å². The molecule has 4 nitrogen and oxygen atoms in total. The van der Waals surface area contributed by atoms with E-state index in [0.29, 0.717) is 6.54 Å². The quantitative estimate of drug-likeness (QED) is 0.721. The number of nitrogens with one attached hydrogen (secondary N) is 2. The predicted molar refractivity (Wildman–Crippen MR) is 99.5 cm³/mol. The van der Waals surface area contributed by atoms with Gasteiger partial charge in [-0.1, -0.05) is 48.0 Å². The predicted octanol–water partition coefficient (Wildman–Crippen LogP) is 4.48. The molecular weight excluding hydrogens is 318 g/mol. The number of aryl methyl sites for hydroxylation is 1. The summed E-state index contributed by atoms with van der Waals surface area (Å²) in [6.07, 6.45) is 0.721. The SMILES string of the molecule is Cc1ccc(-c2csc(CCNC(=O)Nc3ccccc3)n2)cc1. The fraction of sp³-hybridized carbons (Fsp3) is 0.158.